The highest BCUT2D eigenvalue weighted by Crippen LogP contribution is 2.18. The lowest BCUT2D eigenvalue weighted by molar-refractivity contribution is -0.157. The quantitative estimate of drug-likeness (QED) is 0.816. The molecule has 0 aliphatic carbocycles. The molecule has 3 amide bonds. The van der Waals surface area contributed by atoms with Gasteiger partial charge in [-0.3, -0.25) is 14.4 Å². The van der Waals surface area contributed by atoms with Crippen LogP contribution in [0, 0.1) is 0 Å². The van der Waals surface area contributed by atoms with Crippen LogP contribution >= 0.6 is 0 Å². The minimum Gasteiger partial charge on any atom is -0.341 e. The Labute approximate surface area is 154 Å². The van der Waals surface area contributed by atoms with Gasteiger partial charge in [-0.15, -0.1) is 0 Å². The average Bonchev–Trinajstić information content (AvgIpc) is 2.93. The summed E-state index contributed by atoms with van der Waals surface area (Å²) in [5, 5.41) is 0. The predicted molar refractivity (Wildman–Crippen MR) is 98.3 cm³/mol. The van der Waals surface area contributed by atoms with E-state index in [1.165, 1.54) is 9.80 Å². The number of hydrogen-bond acceptors (Lipinski definition) is 3. The van der Waals surface area contributed by atoms with Crippen LogP contribution in [0.3, 0.4) is 0 Å². The molecule has 1 aromatic rings. The SMILES string of the molecule is CN1CC(=O)N(CC(=O)N2CCCCCC2)[C@H](Cc2ccccc2)C1=O. The van der Waals surface area contributed by atoms with Crippen molar-refractivity contribution in [2.24, 2.45) is 0 Å². The summed E-state index contributed by atoms with van der Waals surface area (Å²) in [6, 6.07) is 9.04. The van der Waals surface area contributed by atoms with Crippen LogP contribution in [0.4, 0.5) is 0 Å². The second-order valence-corrected chi connectivity index (χ2v) is 7.22. The van der Waals surface area contributed by atoms with E-state index in [0.717, 1.165) is 44.3 Å². The van der Waals surface area contributed by atoms with Crippen LogP contribution in [-0.2, 0) is 20.8 Å². The summed E-state index contributed by atoms with van der Waals surface area (Å²) < 4.78 is 0. The third kappa shape index (κ3) is 4.23. The van der Waals surface area contributed by atoms with Gasteiger partial charge in [-0.25, -0.2) is 0 Å². The highest BCUT2D eigenvalue weighted by molar-refractivity contribution is 5.97. The maximum atomic E-state index is 12.8. The van der Waals surface area contributed by atoms with Crippen molar-refractivity contribution in [1.82, 2.24) is 14.7 Å². The average molecular weight is 357 g/mol. The van der Waals surface area contributed by atoms with Crippen molar-refractivity contribution in [2.75, 3.05) is 33.2 Å². The number of hydrogen-bond donors (Lipinski definition) is 0. The smallest absolute Gasteiger partial charge is 0.245 e. The monoisotopic (exact) mass is 357 g/mol. The van der Waals surface area contributed by atoms with Crippen molar-refractivity contribution in [3.05, 3.63) is 35.9 Å². The molecule has 2 saturated heterocycles. The van der Waals surface area contributed by atoms with Gasteiger partial charge in [-0.1, -0.05) is 43.2 Å². The number of likely N-dealkylation sites (tertiary alicyclic amines) is 1. The van der Waals surface area contributed by atoms with E-state index >= 15 is 0 Å². The Hall–Kier alpha value is -2.37. The Balaban J connectivity index is 1.75. The lowest BCUT2D eigenvalue weighted by Crippen LogP contribution is -2.61. The first-order valence-electron chi connectivity index (χ1n) is 9.42. The van der Waals surface area contributed by atoms with Crippen molar-refractivity contribution in [2.45, 2.75) is 38.1 Å². The number of nitrogens with zero attached hydrogens (tertiary/aromatic N) is 3. The van der Waals surface area contributed by atoms with Crippen LogP contribution in [0.15, 0.2) is 30.3 Å². The van der Waals surface area contributed by atoms with Gasteiger partial charge in [-0.05, 0) is 18.4 Å². The molecule has 2 fully saturated rings. The lowest BCUT2D eigenvalue weighted by Gasteiger charge is -2.39. The van der Waals surface area contributed by atoms with Gasteiger partial charge >= 0.3 is 0 Å². The molecular formula is C20H27N3O3. The highest BCUT2D eigenvalue weighted by atomic mass is 16.2. The molecule has 140 valence electrons. The minimum atomic E-state index is -0.612. The second kappa shape index (κ2) is 8.34. The third-order valence-corrected chi connectivity index (χ3v) is 5.27. The van der Waals surface area contributed by atoms with Crippen molar-refractivity contribution in [1.29, 1.82) is 0 Å². The number of carbonyl (C=O) groups excluding carboxylic acids is 3. The number of benzene rings is 1. The van der Waals surface area contributed by atoms with Crippen molar-refractivity contribution in [3.63, 3.8) is 0 Å². The van der Waals surface area contributed by atoms with Crippen LogP contribution < -0.4 is 0 Å². The minimum absolute atomic E-state index is 0.00405. The first-order valence-corrected chi connectivity index (χ1v) is 9.42. The number of piperazine rings is 1. The molecule has 0 unspecified atom stereocenters. The largest absolute Gasteiger partial charge is 0.341 e. The van der Waals surface area contributed by atoms with Gasteiger partial charge in [0.1, 0.15) is 12.6 Å². The van der Waals surface area contributed by atoms with E-state index in [9.17, 15) is 14.4 Å². The summed E-state index contributed by atoms with van der Waals surface area (Å²) in [4.78, 5) is 42.9. The predicted octanol–water partition coefficient (Wildman–Crippen LogP) is 1.30. The van der Waals surface area contributed by atoms with E-state index < -0.39 is 6.04 Å². The number of likely N-dealkylation sites (N-methyl/N-ethyl adjacent to an activating group) is 1. The van der Waals surface area contributed by atoms with Gasteiger partial charge < -0.3 is 14.7 Å². The van der Waals surface area contributed by atoms with Crippen LogP contribution in [0.5, 0.6) is 0 Å². The van der Waals surface area contributed by atoms with Crippen LogP contribution in [-0.4, -0.2) is 71.7 Å². The van der Waals surface area contributed by atoms with Crippen molar-refractivity contribution < 1.29 is 14.4 Å². The summed E-state index contributed by atoms with van der Waals surface area (Å²) >= 11 is 0. The van der Waals surface area contributed by atoms with E-state index in [4.69, 9.17) is 0 Å². The molecule has 0 aromatic heterocycles. The molecule has 2 aliphatic rings. The Kier molecular flexibility index (Phi) is 5.91. The molecule has 2 aliphatic heterocycles. The second-order valence-electron chi connectivity index (χ2n) is 7.22. The molecule has 0 bridgehead atoms. The summed E-state index contributed by atoms with van der Waals surface area (Å²) in [5.74, 6) is -0.302. The maximum Gasteiger partial charge on any atom is 0.245 e. The zero-order valence-corrected chi connectivity index (χ0v) is 15.4. The molecule has 1 atom stereocenters. The Morgan fingerprint density at radius 2 is 1.69 bits per heavy atom. The van der Waals surface area contributed by atoms with E-state index in [-0.39, 0.29) is 30.8 Å². The Morgan fingerprint density at radius 3 is 2.35 bits per heavy atom. The molecule has 0 spiro atoms. The Bertz CT molecular complexity index is 654. The number of carbonyl (C=O) groups is 3. The molecule has 2 heterocycles. The molecule has 6 heteroatoms. The Morgan fingerprint density at radius 1 is 1.04 bits per heavy atom. The van der Waals surface area contributed by atoms with Gasteiger partial charge in [0.2, 0.25) is 17.7 Å². The molecule has 1 aromatic carbocycles. The molecule has 0 saturated carbocycles. The van der Waals surface area contributed by atoms with E-state index in [1.54, 1.807) is 7.05 Å². The van der Waals surface area contributed by atoms with Gasteiger partial charge in [0.05, 0.1) is 6.54 Å². The standard InChI is InChI=1S/C20H27N3O3/c1-21-14-19(25)23(15-18(24)22-11-7-2-3-8-12-22)17(20(21)26)13-16-9-5-4-6-10-16/h4-6,9-10,17H,2-3,7-8,11-15H2,1H3/t17-/m1/s1. The van der Waals surface area contributed by atoms with Gasteiger partial charge in [0, 0.05) is 26.6 Å². The summed E-state index contributed by atoms with van der Waals surface area (Å²) in [7, 11) is 1.65. The zero-order valence-electron chi connectivity index (χ0n) is 15.4. The molecule has 0 N–H and O–H groups in total. The summed E-state index contributed by atoms with van der Waals surface area (Å²) in [5.41, 5.74) is 0.987. The normalized spacial score (nSPS) is 21.7. The zero-order chi connectivity index (χ0) is 18.5. The fourth-order valence-corrected chi connectivity index (χ4v) is 3.73. The highest BCUT2D eigenvalue weighted by Gasteiger charge is 2.39. The van der Waals surface area contributed by atoms with E-state index in [0.29, 0.717) is 6.42 Å². The van der Waals surface area contributed by atoms with E-state index in [1.807, 2.05) is 35.2 Å². The number of rotatable bonds is 4. The maximum absolute atomic E-state index is 12.8. The van der Waals surface area contributed by atoms with Crippen LogP contribution in [0.25, 0.3) is 0 Å². The molecular weight excluding hydrogens is 330 g/mol. The van der Waals surface area contributed by atoms with Gasteiger partial charge in [0.15, 0.2) is 0 Å². The fourth-order valence-electron chi connectivity index (χ4n) is 3.73. The fraction of sp³-hybridized carbons (Fsp3) is 0.550. The lowest BCUT2D eigenvalue weighted by atomic mass is 10.0. The van der Waals surface area contributed by atoms with Crippen LogP contribution in [0.1, 0.15) is 31.2 Å². The van der Waals surface area contributed by atoms with Crippen molar-refractivity contribution >= 4 is 17.7 Å². The van der Waals surface area contributed by atoms with E-state index in [2.05, 4.69) is 0 Å². The van der Waals surface area contributed by atoms with Crippen molar-refractivity contribution in [3.8, 4) is 0 Å². The molecule has 26 heavy (non-hydrogen) atoms. The summed E-state index contributed by atoms with van der Waals surface area (Å²) in [6.45, 7) is 1.53. The van der Waals surface area contributed by atoms with Crippen LogP contribution in [0.2, 0.25) is 0 Å². The topological polar surface area (TPSA) is 60.9 Å². The third-order valence-electron chi connectivity index (χ3n) is 5.27. The summed E-state index contributed by atoms with van der Waals surface area (Å²) in [6.07, 6.45) is 4.74. The molecule has 3 rings (SSSR count). The van der Waals surface area contributed by atoms with Gasteiger partial charge in [-0.2, -0.15) is 0 Å². The van der Waals surface area contributed by atoms with Gasteiger partial charge in [0.25, 0.3) is 0 Å². The molecule has 6 nitrogen and oxygen atoms in total. The molecule has 0 radical (unpaired) electrons. The first kappa shape index (κ1) is 18.4. The first-order chi connectivity index (χ1) is 12.6. The number of amides is 3.